The first kappa shape index (κ1) is 20.5. The molecule has 1 fully saturated rings. The van der Waals surface area contributed by atoms with Crippen molar-refractivity contribution >= 4 is 41.1 Å². The predicted octanol–water partition coefficient (Wildman–Crippen LogP) is 3.88. The molecule has 2 amide bonds. The molecule has 0 radical (unpaired) electrons. The van der Waals surface area contributed by atoms with Crippen LogP contribution in [0.5, 0.6) is 0 Å². The standard InChI is InChI=1S/C21H23N5O2S2/c1-3-24(16-11-12-25(20(16)28)15-8-5-4-6-9-15)19(27)14(2)26-18(22-23-21(26)29)17-10-7-13-30-17/h4-10,13-14,16H,3,11-12H2,1-2H3,(H,23,29). The summed E-state index contributed by atoms with van der Waals surface area (Å²) >= 11 is 6.94. The van der Waals surface area contributed by atoms with E-state index in [0.717, 1.165) is 10.6 Å². The Morgan fingerprint density at radius 1 is 1.33 bits per heavy atom. The number of para-hydroxylation sites is 1. The lowest BCUT2D eigenvalue weighted by molar-refractivity contribution is -0.140. The van der Waals surface area contributed by atoms with Crippen LogP contribution in [-0.4, -0.2) is 50.6 Å². The fraction of sp³-hybridized carbons (Fsp3) is 0.333. The van der Waals surface area contributed by atoms with Crippen molar-refractivity contribution in [2.24, 2.45) is 0 Å². The summed E-state index contributed by atoms with van der Waals surface area (Å²) in [6.07, 6.45) is 0.606. The second-order valence-electron chi connectivity index (χ2n) is 7.13. The Labute approximate surface area is 183 Å². The third-order valence-electron chi connectivity index (χ3n) is 5.44. The van der Waals surface area contributed by atoms with Gasteiger partial charge in [0, 0.05) is 18.8 Å². The first-order chi connectivity index (χ1) is 14.5. The first-order valence-electron chi connectivity index (χ1n) is 9.90. The van der Waals surface area contributed by atoms with Crippen molar-refractivity contribution in [3.63, 3.8) is 0 Å². The number of nitrogens with one attached hydrogen (secondary N) is 1. The summed E-state index contributed by atoms with van der Waals surface area (Å²) in [6.45, 7) is 4.75. The molecule has 0 spiro atoms. The highest BCUT2D eigenvalue weighted by Gasteiger charge is 2.40. The Morgan fingerprint density at radius 3 is 2.77 bits per heavy atom. The van der Waals surface area contributed by atoms with Crippen molar-refractivity contribution in [2.75, 3.05) is 18.0 Å². The number of carbonyl (C=O) groups excluding carboxylic acids is 2. The highest BCUT2D eigenvalue weighted by molar-refractivity contribution is 7.71. The van der Waals surface area contributed by atoms with E-state index in [9.17, 15) is 9.59 Å². The molecule has 9 heteroatoms. The second kappa shape index (κ2) is 8.53. The van der Waals surface area contributed by atoms with Gasteiger partial charge < -0.3 is 9.80 Å². The molecule has 1 aliphatic heterocycles. The molecule has 156 valence electrons. The number of hydrogen-bond donors (Lipinski definition) is 1. The Morgan fingerprint density at radius 2 is 2.10 bits per heavy atom. The third kappa shape index (κ3) is 3.59. The lowest BCUT2D eigenvalue weighted by Gasteiger charge is -2.30. The molecule has 1 N–H and O–H groups in total. The number of aromatic amines is 1. The molecule has 30 heavy (non-hydrogen) atoms. The van der Waals surface area contributed by atoms with Crippen LogP contribution in [0.3, 0.4) is 0 Å². The topological polar surface area (TPSA) is 74.2 Å². The van der Waals surface area contributed by atoms with Crippen molar-refractivity contribution in [3.05, 3.63) is 52.6 Å². The molecule has 1 saturated heterocycles. The predicted molar refractivity (Wildman–Crippen MR) is 120 cm³/mol. The largest absolute Gasteiger partial charge is 0.329 e. The summed E-state index contributed by atoms with van der Waals surface area (Å²) in [5, 5.41) is 9.08. The minimum Gasteiger partial charge on any atom is -0.329 e. The number of thiophene rings is 1. The Balaban J connectivity index is 1.59. The van der Waals surface area contributed by atoms with Crippen LogP contribution < -0.4 is 4.90 Å². The fourth-order valence-electron chi connectivity index (χ4n) is 3.94. The number of nitrogens with zero attached hydrogens (tertiary/aromatic N) is 4. The van der Waals surface area contributed by atoms with Crippen LogP contribution in [-0.2, 0) is 9.59 Å². The summed E-state index contributed by atoms with van der Waals surface area (Å²) in [4.78, 5) is 31.0. The SMILES string of the molecule is CCN(C(=O)C(C)n1c(-c2cccs2)n[nH]c1=S)C1CCN(c2ccccc2)C1=O. The van der Waals surface area contributed by atoms with Crippen molar-refractivity contribution in [3.8, 4) is 10.7 Å². The van der Waals surface area contributed by atoms with Gasteiger partial charge in [0.05, 0.1) is 4.88 Å². The molecular weight excluding hydrogens is 418 g/mol. The van der Waals surface area contributed by atoms with Gasteiger partial charge in [-0.2, -0.15) is 5.10 Å². The van der Waals surface area contributed by atoms with E-state index >= 15 is 0 Å². The molecule has 0 aliphatic carbocycles. The monoisotopic (exact) mass is 441 g/mol. The van der Waals surface area contributed by atoms with Crippen LogP contribution in [0.2, 0.25) is 0 Å². The number of carbonyl (C=O) groups is 2. The minimum atomic E-state index is -0.577. The van der Waals surface area contributed by atoms with Crippen LogP contribution in [0, 0.1) is 4.77 Å². The average Bonchev–Trinajstić information content (AvgIpc) is 3.49. The molecule has 0 bridgehead atoms. The maximum absolute atomic E-state index is 13.5. The van der Waals surface area contributed by atoms with E-state index < -0.39 is 12.1 Å². The second-order valence-corrected chi connectivity index (χ2v) is 8.46. The van der Waals surface area contributed by atoms with Crippen molar-refractivity contribution in [2.45, 2.75) is 32.4 Å². The average molecular weight is 442 g/mol. The number of hydrogen-bond acceptors (Lipinski definition) is 5. The molecule has 1 aliphatic rings. The van der Waals surface area contributed by atoms with Gasteiger partial charge in [-0.3, -0.25) is 19.3 Å². The fourth-order valence-corrected chi connectivity index (χ4v) is 4.94. The zero-order chi connectivity index (χ0) is 21.3. The molecule has 3 aromatic rings. The molecule has 1 aromatic carbocycles. The van der Waals surface area contributed by atoms with E-state index in [4.69, 9.17) is 12.2 Å². The summed E-state index contributed by atoms with van der Waals surface area (Å²) in [6, 6.07) is 12.4. The maximum Gasteiger partial charge on any atom is 0.249 e. The normalized spacial score (nSPS) is 17.3. The van der Waals surface area contributed by atoms with Gasteiger partial charge in [-0.25, -0.2) is 0 Å². The lowest BCUT2D eigenvalue weighted by atomic mass is 10.1. The van der Waals surface area contributed by atoms with Crippen molar-refractivity contribution < 1.29 is 9.59 Å². The van der Waals surface area contributed by atoms with Crippen LogP contribution >= 0.6 is 23.6 Å². The highest BCUT2D eigenvalue weighted by atomic mass is 32.1. The zero-order valence-corrected chi connectivity index (χ0v) is 18.4. The van der Waals surface area contributed by atoms with Gasteiger partial charge >= 0.3 is 0 Å². The Kier molecular flexibility index (Phi) is 5.83. The van der Waals surface area contributed by atoms with E-state index in [1.807, 2.05) is 61.7 Å². The van der Waals surface area contributed by atoms with Gasteiger partial charge in [0.2, 0.25) is 11.8 Å². The lowest BCUT2D eigenvalue weighted by Crippen LogP contribution is -2.47. The Bertz CT molecular complexity index is 1090. The number of likely N-dealkylation sites (N-methyl/N-ethyl adjacent to an activating group) is 1. The van der Waals surface area contributed by atoms with Gasteiger partial charge in [0.15, 0.2) is 10.6 Å². The minimum absolute atomic E-state index is 0.0436. The Hall–Kier alpha value is -2.78. The highest BCUT2D eigenvalue weighted by Crippen LogP contribution is 2.29. The number of anilines is 1. The van der Waals surface area contributed by atoms with Crippen LogP contribution in [0.4, 0.5) is 5.69 Å². The molecule has 3 heterocycles. The molecule has 2 atom stereocenters. The molecular formula is C21H23N5O2S2. The van der Waals surface area contributed by atoms with E-state index in [0.29, 0.717) is 30.1 Å². The quantitative estimate of drug-likeness (QED) is 0.589. The smallest absolute Gasteiger partial charge is 0.249 e. The van der Waals surface area contributed by atoms with Gasteiger partial charge in [-0.15, -0.1) is 11.3 Å². The van der Waals surface area contributed by atoms with E-state index in [-0.39, 0.29) is 11.8 Å². The van der Waals surface area contributed by atoms with Gasteiger partial charge in [-0.1, -0.05) is 24.3 Å². The number of H-pyrrole nitrogens is 1. The van der Waals surface area contributed by atoms with Crippen molar-refractivity contribution in [1.82, 2.24) is 19.7 Å². The molecule has 2 aromatic heterocycles. The first-order valence-corrected chi connectivity index (χ1v) is 11.2. The molecule has 0 saturated carbocycles. The maximum atomic E-state index is 13.5. The van der Waals surface area contributed by atoms with Crippen LogP contribution in [0.15, 0.2) is 47.8 Å². The van der Waals surface area contributed by atoms with Gasteiger partial charge in [0.1, 0.15) is 12.1 Å². The summed E-state index contributed by atoms with van der Waals surface area (Å²) in [5.74, 6) is 0.453. The summed E-state index contributed by atoms with van der Waals surface area (Å²) in [5.41, 5.74) is 0.860. The third-order valence-corrected chi connectivity index (χ3v) is 6.59. The van der Waals surface area contributed by atoms with Crippen molar-refractivity contribution in [1.29, 1.82) is 0 Å². The zero-order valence-electron chi connectivity index (χ0n) is 16.8. The summed E-state index contributed by atoms with van der Waals surface area (Å²) < 4.78 is 2.12. The van der Waals surface area contributed by atoms with Gasteiger partial charge in [-0.05, 0) is 56.1 Å². The van der Waals surface area contributed by atoms with E-state index in [2.05, 4.69) is 10.2 Å². The number of aromatic nitrogens is 3. The molecule has 4 rings (SSSR count). The van der Waals surface area contributed by atoms with Crippen LogP contribution in [0.1, 0.15) is 26.3 Å². The van der Waals surface area contributed by atoms with E-state index in [1.54, 1.807) is 14.4 Å². The summed E-state index contributed by atoms with van der Waals surface area (Å²) in [7, 11) is 0. The number of benzene rings is 1. The van der Waals surface area contributed by atoms with Gasteiger partial charge in [0.25, 0.3) is 0 Å². The van der Waals surface area contributed by atoms with E-state index in [1.165, 1.54) is 11.3 Å². The number of rotatable bonds is 6. The molecule has 7 nitrogen and oxygen atoms in total. The molecule has 2 unspecified atom stereocenters. The number of amides is 2. The van der Waals surface area contributed by atoms with Crippen LogP contribution in [0.25, 0.3) is 10.7 Å².